The van der Waals surface area contributed by atoms with Gasteiger partial charge in [0.25, 0.3) is 0 Å². The lowest BCUT2D eigenvalue weighted by Gasteiger charge is -2.47. The van der Waals surface area contributed by atoms with Crippen LogP contribution < -0.4 is 0 Å². The number of aliphatic hydroxyl groups excluding tert-OH is 5. The van der Waals surface area contributed by atoms with Crippen molar-refractivity contribution in [3.05, 3.63) is 0 Å². The van der Waals surface area contributed by atoms with Crippen LogP contribution in [0.3, 0.4) is 0 Å². The Hall–Kier alpha value is -0.360. The topological polar surface area (TPSA) is 138 Å². The largest absolute Gasteiger partial charge is 0.394 e. The minimum atomic E-state index is -1.40. The molecule has 2 heterocycles. The van der Waals surface area contributed by atoms with Crippen molar-refractivity contribution in [1.29, 1.82) is 0 Å². The van der Waals surface area contributed by atoms with Gasteiger partial charge in [-0.05, 0) is 11.8 Å². The van der Waals surface area contributed by atoms with Gasteiger partial charge in [0.05, 0.1) is 19.3 Å². The highest BCUT2D eigenvalue weighted by atomic mass is 16.7. The molecule has 0 spiro atoms. The van der Waals surface area contributed by atoms with Gasteiger partial charge in [-0.3, -0.25) is 0 Å². The molecule has 2 fully saturated rings. The van der Waals surface area contributed by atoms with Gasteiger partial charge in [-0.1, -0.05) is 20.3 Å². The highest BCUT2D eigenvalue weighted by Gasteiger charge is 2.49. The van der Waals surface area contributed by atoms with E-state index < -0.39 is 55.8 Å². The molecule has 2 rings (SSSR count). The van der Waals surface area contributed by atoms with Crippen molar-refractivity contribution < 1.29 is 44.5 Å². The van der Waals surface area contributed by atoms with Gasteiger partial charge in [0.2, 0.25) is 0 Å². The molecule has 2 aliphatic rings. The summed E-state index contributed by atoms with van der Waals surface area (Å²) in [5, 5.41) is 49.9. The Bertz CT molecular complexity index is 405. The molecule has 25 heavy (non-hydrogen) atoms. The van der Waals surface area contributed by atoms with Gasteiger partial charge >= 0.3 is 0 Å². The Labute approximate surface area is 147 Å². The molecule has 0 aromatic rings. The number of methoxy groups -OCH3 is 1. The summed E-state index contributed by atoms with van der Waals surface area (Å²) in [6, 6.07) is 0. The summed E-state index contributed by atoms with van der Waals surface area (Å²) in [5.74, 6) is -0.240. The maximum absolute atomic E-state index is 10.5. The van der Waals surface area contributed by atoms with Crippen LogP contribution in [0, 0.1) is 11.8 Å². The molecule has 0 aromatic carbocycles. The average Bonchev–Trinajstić information content (AvgIpc) is 2.62. The number of rotatable bonds is 6. The fourth-order valence-electron chi connectivity index (χ4n) is 3.69. The fraction of sp³-hybridized carbons (Fsp3) is 1.00. The van der Waals surface area contributed by atoms with Crippen LogP contribution in [0.25, 0.3) is 0 Å². The molecule has 9 nitrogen and oxygen atoms in total. The van der Waals surface area contributed by atoms with Crippen LogP contribution in [0.5, 0.6) is 0 Å². The van der Waals surface area contributed by atoms with Crippen molar-refractivity contribution in [2.45, 2.75) is 69.5 Å². The molecule has 2 aliphatic heterocycles. The summed E-state index contributed by atoms with van der Waals surface area (Å²) in [5.41, 5.74) is 0. The summed E-state index contributed by atoms with van der Waals surface area (Å²) in [6.07, 6.45) is -7.89. The Morgan fingerprint density at radius 1 is 0.880 bits per heavy atom. The van der Waals surface area contributed by atoms with E-state index in [2.05, 4.69) is 0 Å². The SMILES string of the molecule is CC[C@H]1C(CO)O[C@@H](O[C@H]2C(O)C(O)[C@@H](OC)O[C@@H]2CO)C(O)[C@@H]1C. The van der Waals surface area contributed by atoms with Crippen LogP contribution in [-0.4, -0.2) is 95.1 Å². The van der Waals surface area contributed by atoms with Crippen molar-refractivity contribution in [3.63, 3.8) is 0 Å². The molecule has 0 amide bonds. The minimum Gasteiger partial charge on any atom is -0.394 e. The maximum Gasteiger partial charge on any atom is 0.186 e. The van der Waals surface area contributed by atoms with E-state index in [4.69, 9.17) is 18.9 Å². The Morgan fingerprint density at radius 3 is 2.00 bits per heavy atom. The standard InChI is InChI=1S/C16H30O9/c1-4-8-7(2)11(19)16(23-9(8)5-17)25-14-10(6-18)24-15(22-3)13(21)12(14)20/h7-21H,4-6H2,1-3H3/t7-,8-,9?,10-,11?,12?,13?,14-,15+,16+/m1/s1. The zero-order chi connectivity index (χ0) is 18.7. The summed E-state index contributed by atoms with van der Waals surface area (Å²) in [7, 11) is 1.31. The van der Waals surface area contributed by atoms with Gasteiger partial charge in [0, 0.05) is 7.11 Å². The molecule has 5 N–H and O–H groups in total. The van der Waals surface area contributed by atoms with Crippen LogP contribution in [0.1, 0.15) is 20.3 Å². The second kappa shape index (κ2) is 9.03. The molecule has 10 atom stereocenters. The molecule has 4 unspecified atom stereocenters. The summed E-state index contributed by atoms with van der Waals surface area (Å²) >= 11 is 0. The minimum absolute atomic E-state index is 0.0375. The molecule has 0 aromatic heterocycles. The lowest BCUT2D eigenvalue weighted by molar-refractivity contribution is -0.350. The van der Waals surface area contributed by atoms with Gasteiger partial charge in [0.15, 0.2) is 12.6 Å². The number of hydrogen-bond acceptors (Lipinski definition) is 9. The third-order valence-corrected chi connectivity index (χ3v) is 5.27. The first-order valence-corrected chi connectivity index (χ1v) is 8.64. The van der Waals surface area contributed by atoms with Crippen molar-refractivity contribution >= 4 is 0 Å². The summed E-state index contributed by atoms with van der Waals surface area (Å²) < 4.78 is 21.7. The number of ether oxygens (including phenoxy) is 4. The van der Waals surface area contributed by atoms with E-state index >= 15 is 0 Å². The van der Waals surface area contributed by atoms with E-state index in [-0.39, 0.29) is 18.4 Å². The van der Waals surface area contributed by atoms with Crippen LogP contribution in [0.4, 0.5) is 0 Å². The smallest absolute Gasteiger partial charge is 0.186 e. The monoisotopic (exact) mass is 366 g/mol. The lowest BCUT2D eigenvalue weighted by atomic mass is 9.80. The molecule has 0 radical (unpaired) electrons. The van der Waals surface area contributed by atoms with Crippen LogP contribution in [-0.2, 0) is 18.9 Å². The fourth-order valence-corrected chi connectivity index (χ4v) is 3.69. The highest BCUT2D eigenvalue weighted by Crippen LogP contribution is 2.35. The van der Waals surface area contributed by atoms with E-state index in [1.807, 2.05) is 13.8 Å². The zero-order valence-electron chi connectivity index (χ0n) is 14.8. The third-order valence-electron chi connectivity index (χ3n) is 5.27. The Kier molecular flexibility index (Phi) is 7.56. The van der Waals surface area contributed by atoms with Crippen molar-refractivity contribution in [1.82, 2.24) is 0 Å². The maximum atomic E-state index is 10.5. The lowest BCUT2D eigenvalue weighted by Crippen LogP contribution is -2.62. The van der Waals surface area contributed by atoms with Crippen LogP contribution >= 0.6 is 0 Å². The second-order valence-electron chi connectivity index (χ2n) is 6.69. The van der Waals surface area contributed by atoms with E-state index in [1.54, 1.807) is 0 Å². The normalized spacial score (nSPS) is 48.5. The third kappa shape index (κ3) is 4.15. The van der Waals surface area contributed by atoms with Crippen molar-refractivity contribution in [3.8, 4) is 0 Å². The molecular formula is C16H30O9. The first kappa shape index (κ1) is 20.9. The molecule has 0 aliphatic carbocycles. The molecule has 0 bridgehead atoms. The van der Waals surface area contributed by atoms with E-state index in [1.165, 1.54) is 7.11 Å². The first-order chi connectivity index (χ1) is 11.9. The zero-order valence-corrected chi connectivity index (χ0v) is 14.8. The van der Waals surface area contributed by atoms with E-state index in [0.29, 0.717) is 0 Å². The van der Waals surface area contributed by atoms with E-state index in [9.17, 15) is 25.5 Å². The van der Waals surface area contributed by atoms with Crippen LogP contribution in [0.15, 0.2) is 0 Å². The quantitative estimate of drug-likeness (QED) is 0.368. The number of aliphatic hydroxyl groups is 5. The van der Waals surface area contributed by atoms with Gasteiger partial charge in [-0.2, -0.15) is 0 Å². The number of hydrogen-bond donors (Lipinski definition) is 5. The Morgan fingerprint density at radius 2 is 1.48 bits per heavy atom. The van der Waals surface area contributed by atoms with E-state index in [0.717, 1.165) is 6.42 Å². The first-order valence-electron chi connectivity index (χ1n) is 8.64. The highest BCUT2D eigenvalue weighted by molar-refractivity contribution is 4.92. The molecule has 9 heteroatoms. The van der Waals surface area contributed by atoms with Gasteiger partial charge in [-0.15, -0.1) is 0 Å². The molecule has 148 valence electrons. The second-order valence-corrected chi connectivity index (χ2v) is 6.69. The van der Waals surface area contributed by atoms with Crippen molar-refractivity contribution in [2.75, 3.05) is 20.3 Å². The predicted molar refractivity (Wildman–Crippen MR) is 84.3 cm³/mol. The van der Waals surface area contributed by atoms with Gasteiger partial charge < -0.3 is 44.5 Å². The molecular weight excluding hydrogens is 336 g/mol. The average molecular weight is 366 g/mol. The molecule has 2 saturated heterocycles. The van der Waals surface area contributed by atoms with Crippen molar-refractivity contribution in [2.24, 2.45) is 11.8 Å². The Balaban J connectivity index is 2.13. The predicted octanol–water partition coefficient (Wildman–Crippen LogP) is -1.80. The van der Waals surface area contributed by atoms with Gasteiger partial charge in [-0.25, -0.2) is 0 Å². The summed E-state index contributed by atoms with van der Waals surface area (Å²) in [4.78, 5) is 0. The summed E-state index contributed by atoms with van der Waals surface area (Å²) in [6.45, 7) is 3.08. The molecule has 0 saturated carbocycles. The van der Waals surface area contributed by atoms with Crippen LogP contribution in [0.2, 0.25) is 0 Å². The van der Waals surface area contributed by atoms with Gasteiger partial charge in [0.1, 0.15) is 30.5 Å².